The van der Waals surface area contributed by atoms with Gasteiger partial charge >= 0.3 is 12.1 Å². The van der Waals surface area contributed by atoms with Crippen LogP contribution >= 0.6 is 0 Å². The van der Waals surface area contributed by atoms with Gasteiger partial charge in [0.05, 0.1) is 12.2 Å². The number of nitrogens with one attached hydrogen (secondary N) is 1. The Hall–Kier alpha value is -2.82. The molecule has 5 nitrogen and oxygen atoms in total. The summed E-state index contributed by atoms with van der Waals surface area (Å²) in [4.78, 5) is 23.8. The Balaban J connectivity index is 1.82. The van der Waals surface area contributed by atoms with Crippen molar-refractivity contribution in [2.24, 2.45) is 0 Å². The Morgan fingerprint density at radius 1 is 0.929 bits per heavy atom. The molecule has 0 aromatic heterocycles. The highest BCUT2D eigenvalue weighted by Crippen LogP contribution is 2.22. The van der Waals surface area contributed by atoms with Gasteiger partial charge in [-0.3, -0.25) is 5.32 Å². The van der Waals surface area contributed by atoms with E-state index in [1.54, 1.807) is 24.3 Å². The highest BCUT2D eigenvalue weighted by molar-refractivity contribution is 5.91. The molecule has 1 amide bonds. The highest BCUT2D eigenvalue weighted by atomic mass is 16.5. The molecule has 28 heavy (non-hydrogen) atoms. The minimum Gasteiger partial charge on any atom is -0.462 e. The molecule has 0 bridgehead atoms. The quantitative estimate of drug-likeness (QED) is 0.493. The Labute approximate surface area is 167 Å². The number of unbranched alkanes of at least 4 members (excludes halogenated alkanes) is 1. The van der Waals surface area contributed by atoms with Crippen LogP contribution in [0.5, 0.6) is 0 Å². The average Bonchev–Trinajstić information content (AvgIpc) is 2.67. The lowest BCUT2D eigenvalue weighted by molar-refractivity contribution is 0.0499. The first-order chi connectivity index (χ1) is 13.3. The summed E-state index contributed by atoms with van der Waals surface area (Å²) >= 11 is 0. The third-order valence-electron chi connectivity index (χ3n) is 4.29. The van der Waals surface area contributed by atoms with E-state index in [2.05, 4.69) is 38.2 Å². The summed E-state index contributed by atoms with van der Waals surface area (Å²) in [6, 6.07) is 14.6. The first-order valence-corrected chi connectivity index (χ1v) is 9.60. The second-order valence-electron chi connectivity index (χ2n) is 7.71. The van der Waals surface area contributed by atoms with E-state index in [9.17, 15) is 9.59 Å². The van der Waals surface area contributed by atoms with Gasteiger partial charge in [-0.1, -0.05) is 58.4 Å². The first kappa shape index (κ1) is 21.5. The maximum atomic E-state index is 12.0. The van der Waals surface area contributed by atoms with E-state index in [-0.39, 0.29) is 18.0 Å². The van der Waals surface area contributed by atoms with Gasteiger partial charge in [0.2, 0.25) is 0 Å². The van der Waals surface area contributed by atoms with Crippen LogP contribution in [-0.2, 0) is 21.5 Å². The molecule has 0 aliphatic heterocycles. The van der Waals surface area contributed by atoms with Crippen molar-refractivity contribution < 1.29 is 19.1 Å². The summed E-state index contributed by atoms with van der Waals surface area (Å²) in [7, 11) is 0. The lowest BCUT2D eigenvalue weighted by Crippen LogP contribution is -2.14. The fourth-order valence-electron chi connectivity index (χ4n) is 2.49. The number of esters is 1. The fraction of sp³-hybridized carbons (Fsp3) is 0.391. The molecule has 0 unspecified atom stereocenters. The van der Waals surface area contributed by atoms with E-state index in [4.69, 9.17) is 9.47 Å². The van der Waals surface area contributed by atoms with Crippen LogP contribution in [0.3, 0.4) is 0 Å². The number of hydrogen-bond acceptors (Lipinski definition) is 4. The molecule has 0 fully saturated rings. The molecule has 1 N–H and O–H groups in total. The van der Waals surface area contributed by atoms with Crippen molar-refractivity contribution in [3.8, 4) is 0 Å². The number of ether oxygens (including phenoxy) is 2. The molecule has 0 radical (unpaired) electrons. The van der Waals surface area contributed by atoms with E-state index in [1.165, 1.54) is 5.56 Å². The van der Waals surface area contributed by atoms with Crippen molar-refractivity contribution in [3.05, 3.63) is 65.2 Å². The van der Waals surface area contributed by atoms with Crippen LogP contribution in [-0.4, -0.2) is 18.7 Å². The molecule has 150 valence electrons. The van der Waals surface area contributed by atoms with Crippen molar-refractivity contribution in [1.29, 1.82) is 0 Å². The Bertz CT molecular complexity index is 774. The number of amides is 1. The second-order valence-corrected chi connectivity index (χ2v) is 7.71. The van der Waals surface area contributed by atoms with Gasteiger partial charge in [0, 0.05) is 5.69 Å². The zero-order valence-electron chi connectivity index (χ0n) is 17.1. The van der Waals surface area contributed by atoms with Crippen molar-refractivity contribution in [1.82, 2.24) is 0 Å². The summed E-state index contributed by atoms with van der Waals surface area (Å²) in [5, 5.41) is 2.65. The Morgan fingerprint density at radius 2 is 1.57 bits per heavy atom. The van der Waals surface area contributed by atoms with E-state index < -0.39 is 6.09 Å². The Morgan fingerprint density at radius 3 is 2.14 bits per heavy atom. The van der Waals surface area contributed by atoms with Gasteiger partial charge in [-0.25, -0.2) is 9.59 Å². The lowest BCUT2D eigenvalue weighted by atomic mass is 9.87. The van der Waals surface area contributed by atoms with Gasteiger partial charge in [-0.05, 0) is 47.2 Å². The van der Waals surface area contributed by atoms with Gasteiger partial charge in [-0.15, -0.1) is 0 Å². The van der Waals surface area contributed by atoms with Crippen LogP contribution < -0.4 is 5.32 Å². The van der Waals surface area contributed by atoms with Crippen LogP contribution in [0.25, 0.3) is 0 Å². The smallest absolute Gasteiger partial charge is 0.411 e. The van der Waals surface area contributed by atoms with Crippen molar-refractivity contribution in [2.45, 2.75) is 52.6 Å². The van der Waals surface area contributed by atoms with Crippen LogP contribution in [0, 0.1) is 0 Å². The summed E-state index contributed by atoms with van der Waals surface area (Å²) in [6.07, 6.45) is 1.27. The summed E-state index contributed by atoms with van der Waals surface area (Å²) in [6.45, 7) is 9.11. The normalized spacial score (nSPS) is 11.0. The number of carbonyl (C=O) groups is 2. The van der Waals surface area contributed by atoms with Gasteiger partial charge in [-0.2, -0.15) is 0 Å². The SMILES string of the molecule is CCCCOC(=O)c1ccc(NC(=O)OCc2ccc(C(C)(C)C)cc2)cc1. The molecule has 2 rings (SSSR count). The lowest BCUT2D eigenvalue weighted by Gasteiger charge is -2.19. The van der Waals surface area contributed by atoms with Crippen molar-refractivity contribution >= 4 is 17.7 Å². The standard InChI is InChI=1S/C23H29NO4/c1-5-6-15-27-21(25)18-9-13-20(14-10-18)24-22(26)28-16-17-7-11-19(12-8-17)23(2,3)4/h7-14H,5-6,15-16H2,1-4H3,(H,24,26). The highest BCUT2D eigenvalue weighted by Gasteiger charge is 2.13. The molecule has 0 aliphatic carbocycles. The largest absolute Gasteiger partial charge is 0.462 e. The maximum Gasteiger partial charge on any atom is 0.411 e. The number of rotatable bonds is 7. The summed E-state index contributed by atoms with van der Waals surface area (Å²) < 4.78 is 10.4. The molecular formula is C23H29NO4. The number of anilines is 1. The van der Waals surface area contributed by atoms with Crippen molar-refractivity contribution in [2.75, 3.05) is 11.9 Å². The molecule has 5 heteroatoms. The molecule has 0 heterocycles. The molecule has 2 aromatic rings. The monoisotopic (exact) mass is 383 g/mol. The number of benzene rings is 2. The van der Waals surface area contributed by atoms with Crippen LogP contribution in [0.2, 0.25) is 0 Å². The molecule has 0 saturated carbocycles. The van der Waals surface area contributed by atoms with Gasteiger partial charge in [0.15, 0.2) is 0 Å². The molecule has 2 aromatic carbocycles. The summed E-state index contributed by atoms with van der Waals surface area (Å²) in [5.74, 6) is -0.360. The number of carbonyl (C=O) groups excluding carboxylic acids is 2. The summed E-state index contributed by atoms with van der Waals surface area (Å²) in [5.41, 5.74) is 3.25. The molecule has 0 saturated heterocycles. The predicted octanol–water partition coefficient (Wildman–Crippen LogP) is 5.69. The van der Waals surface area contributed by atoms with E-state index in [0.717, 1.165) is 18.4 Å². The van der Waals surface area contributed by atoms with Gasteiger partial charge in [0.25, 0.3) is 0 Å². The molecule has 0 aliphatic rings. The van der Waals surface area contributed by atoms with Crippen molar-refractivity contribution in [3.63, 3.8) is 0 Å². The van der Waals surface area contributed by atoms with Crippen LogP contribution in [0.15, 0.2) is 48.5 Å². The number of hydrogen-bond donors (Lipinski definition) is 1. The van der Waals surface area contributed by atoms with E-state index in [0.29, 0.717) is 17.9 Å². The minimum atomic E-state index is -0.543. The topological polar surface area (TPSA) is 64.6 Å². The van der Waals surface area contributed by atoms with Gasteiger partial charge in [0.1, 0.15) is 6.61 Å². The molecular weight excluding hydrogens is 354 g/mol. The fourth-order valence-corrected chi connectivity index (χ4v) is 2.49. The average molecular weight is 383 g/mol. The van der Waals surface area contributed by atoms with Crippen LogP contribution in [0.1, 0.15) is 62.0 Å². The minimum absolute atomic E-state index is 0.0886. The van der Waals surface area contributed by atoms with E-state index in [1.807, 2.05) is 19.1 Å². The van der Waals surface area contributed by atoms with Crippen LogP contribution in [0.4, 0.5) is 10.5 Å². The molecule has 0 spiro atoms. The second kappa shape index (κ2) is 9.93. The Kier molecular flexibility index (Phi) is 7.61. The predicted molar refractivity (Wildman–Crippen MR) is 111 cm³/mol. The van der Waals surface area contributed by atoms with Gasteiger partial charge < -0.3 is 9.47 Å². The zero-order chi connectivity index (χ0) is 20.6. The maximum absolute atomic E-state index is 12.0. The third-order valence-corrected chi connectivity index (χ3v) is 4.29. The van der Waals surface area contributed by atoms with E-state index >= 15 is 0 Å². The third kappa shape index (κ3) is 6.72. The zero-order valence-corrected chi connectivity index (χ0v) is 17.1. The first-order valence-electron chi connectivity index (χ1n) is 9.60. The molecule has 0 atom stereocenters.